The Hall–Kier alpha value is -1.95. The van der Waals surface area contributed by atoms with Crippen molar-refractivity contribution in [1.29, 1.82) is 0 Å². The summed E-state index contributed by atoms with van der Waals surface area (Å²) in [7, 11) is 3.93. The molecular weight excluding hydrogens is 360 g/mol. The molecule has 0 radical (unpaired) electrons. The average molecular weight is 397 g/mol. The maximum atomic E-state index is 5.31. The van der Waals surface area contributed by atoms with Crippen LogP contribution in [0.25, 0.3) is 0 Å². The second-order valence-corrected chi connectivity index (χ2v) is 9.09. The number of piperazine rings is 1. The van der Waals surface area contributed by atoms with Gasteiger partial charge in [0.15, 0.2) is 0 Å². The molecule has 0 saturated carbocycles. The summed E-state index contributed by atoms with van der Waals surface area (Å²) in [6.45, 7) is 13.5. The van der Waals surface area contributed by atoms with Crippen molar-refractivity contribution < 1.29 is 4.74 Å². The summed E-state index contributed by atoms with van der Waals surface area (Å²) in [5.74, 6) is 0.907. The van der Waals surface area contributed by atoms with Gasteiger partial charge in [0.1, 0.15) is 5.75 Å². The van der Waals surface area contributed by atoms with Gasteiger partial charge in [-0.25, -0.2) is 0 Å². The van der Waals surface area contributed by atoms with Crippen LogP contribution < -0.4 is 4.74 Å². The van der Waals surface area contributed by atoms with E-state index in [9.17, 15) is 0 Å². The molecule has 1 fully saturated rings. The van der Waals surface area contributed by atoms with Crippen molar-refractivity contribution in [3.05, 3.63) is 59.9 Å². The van der Waals surface area contributed by atoms with E-state index < -0.39 is 0 Å². The molecule has 2 aromatic rings. The molecule has 1 aromatic heterocycles. The predicted molar refractivity (Wildman–Crippen MR) is 119 cm³/mol. The fourth-order valence-corrected chi connectivity index (χ4v) is 4.17. The van der Waals surface area contributed by atoms with Gasteiger partial charge in [0, 0.05) is 64.8 Å². The molecule has 0 atom stereocenters. The quantitative estimate of drug-likeness (QED) is 0.649. The van der Waals surface area contributed by atoms with Crippen molar-refractivity contribution in [3.8, 4) is 5.75 Å². The molecule has 2 heterocycles. The summed E-state index contributed by atoms with van der Waals surface area (Å²) >= 11 is 0. The summed E-state index contributed by atoms with van der Waals surface area (Å²) in [6, 6.07) is 12.7. The van der Waals surface area contributed by atoms with Crippen LogP contribution in [0, 0.1) is 5.41 Å². The Morgan fingerprint density at radius 2 is 1.52 bits per heavy atom. The molecule has 1 aliphatic rings. The monoisotopic (exact) mass is 396 g/mol. The molecule has 5 nitrogen and oxygen atoms in total. The molecule has 29 heavy (non-hydrogen) atoms. The van der Waals surface area contributed by atoms with Gasteiger partial charge in [0.25, 0.3) is 0 Å². The summed E-state index contributed by atoms with van der Waals surface area (Å²) in [4.78, 5) is 11.8. The summed E-state index contributed by atoms with van der Waals surface area (Å²) in [6.07, 6.45) is 3.77. The first-order valence-corrected chi connectivity index (χ1v) is 10.6. The zero-order valence-corrected chi connectivity index (χ0v) is 18.5. The number of pyridine rings is 1. The fourth-order valence-electron chi connectivity index (χ4n) is 4.17. The molecule has 0 bridgehead atoms. The van der Waals surface area contributed by atoms with E-state index in [-0.39, 0.29) is 5.41 Å². The summed E-state index contributed by atoms with van der Waals surface area (Å²) < 4.78 is 5.31. The third-order valence-corrected chi connectivity index (χ3v) is 5.62. The Labute approximate surface area is 176 Å². The summed E-state index contributed by atoms with van der Waals surface area (Å²) in [5.41, 5.74) is 2.84. The number of rotatable bonds is 9. The smallest absolute Gasteiger partial charge is 0.118 e. The molecule has 0 unspecified atom stereocenters. The number of ether oxygens (including phenoxy) is 1. The Morgan fingerprint density at radius 3 is 2.10 bits per heavy atom. The van der Waals surface area contributed by atoms with Crippen LogP contribution >= 0.6 is 0 Å². The minimum atomic E-state index is 0.218. The second kappa shape index (κ2) is 10.2. The van der Waals surface area contributed by atoms with Gasteiger partial charge in [0.2, 0.25) is 0 Å². The lowest BCUT2D eigenvalue weighted by molar-refractivity contribution is 0.0804. The van der Waals surface area contributed by atoms with Gasteiger partial charge in [-0.1, -0.05) is 26.0 Å². The van der Waals surface area contributed by atoms with Gasteiger partial charge >= 0.3 is 0 Å². The van der Waals surface area contributed by atoms with Gasteiger partial charge in [-0.05, 0) is 47.9 Å². The maximum absolute atomic E-state index is 5.31. The second-order valence-electron chi connectivity index (χ2n) is 9.09. The molecule has 0 amide bonds. The van der Waals surface area contributed by atoms with Crippen LogP contribution in [0.4, 0.5) is 0 Å². The molecule has 1 saturated heterocycles. The zero-order chi connectivity index (χ0) is 20.7. The number of hydrogen-bond donors (Lipinski definition) is 0. The van der Waals surface area contributed by atoms with Crippen LogP contribution in [0.1, 0.15) is 25.0 Å². The first-order valence-electron chi connectivity index (χ1n) is 10.6. The van der Waals surface area contributed by atoms with Crippen LogP contribution in [0.3, 0.4) is 0 Å². The lowest BCUT2D eigenvalue weighted by atomic mass is 9.91. The Bertz CT molecular complexity index is 724. The number of benzene rings is 1. The van der Waals surface area contributed by atoms with Gasteiger partial charge in [-0.3, -0.25) is 9.88 Å². The van der Waals surface area contributed by atoms with Crippen molar-refractivity contribution >= 4 is 0 Å². The maximum Gasteiger partial charge on any atom is 0.118 e. The highest BCUT2D eigenvalue weighted by atomic mass is 16.5. The highest BCUT2D eigenvalue weighted by Gasteiger charge is 2.26. The van der Waals surface area contributed by atoms with E-state index in [0.29, 0.717) is 0 Å². The third kappa shape index (κ3) is 7.11. The van der Waals surface area contributed by atoms with Crippen molar-refractivity contribution in [2.45, 2.75) is 26.9 Å². The summed E-state index contributed by atoms with van der Waals surface area (Å²) in [5, 5.41) is 0. The van der Waals surface area contributed by atoms with E-state index in [1.807, 2.05) is 12.4 Å². The highest BCUT2D eigenvalue weighted by Crippen LogP contribution is 2.23. The van der Waals surface area contributed by atoms with Gasteiger partial charge < -0.3 is 14.5 Å². The van der Waals surface area contributed by atoms with Crippen molar-refractivity contribution in [3.63, 3.8) is 0 Å². The van der Waals surface area contributed by atoms with Crippen LogP contribution in [-0.2, 0) is 13.1 Å². The first-order chi connectivity index (χ1) is 13.9. The topological polar surface area (TPSA) is 31.8 Å². The van der Waals surface area contributed by atoms with Crippen LogP contribution in [-0.4, -0.2) is 73.1 Å². The zero-order valence-electron chi connectivity index (χ0n) is 18.5. The van der Waals surface area contributed by atoms with E-state index in [2.05, 4.69) is 77.0 Å². The molecule has 0 aliphatic carbocycles. The van der Waals surface area contributed by atoms with Crippen molar-refractivity contribution in [2.24, 2.45) is 5.41 Å². The fraction of sp³-hybridized carbons (Fsp3) is 0.542. The minimum absolute atomic E-state index is 0.218. The molecule has 1 aliphatic heterocycles. The Kier molecular flexibility index (Phi) is 7.64. The molecule has 0 N–H and O–H groups in total. The molecule has 158 valence electrons. The number of hydrogen-bond acceptors (Lipinski definition) is 5. The van der Waals surface area contributed by atoms with Gasteiger partial charge in [0.05, 0.1) is 7.11 Å². The molecule has 0 spiro atoms. The van der Waals surface area contributed by atoms with E-state index >= 15 is 0 Å². The van der Waals surface area contributed by atoms with Crippen LogP contribution in [0.2, 0.25) is 0 Å². The number of methoxy groups -OCH3 is 1. The van der Waals surface area contributed by atoms with E-state index in [0.717, 1.165) is 31.9 Å². The minimum Gasteiger partial charge on any atom is -0.497 e. The van der Waals surface area contributed by atoms with Crippen LogP contribution in [0.15, 0.2) is 48.8 Å². The van der Waals surface area contributed by atoms with E-state index in [4.69, 9.17) is 4.74 Å². The number of nitrogens with zero attached hydrogens (tertiary/aromatic N) is 4. The lowest BCUT2D eigenvalue weighted by Crippen LogP contribution is -2.49. The lowest BCUT2D eigenvalue weighted by Gasteiger charge is -2.40. The molecule has 3 rings (SSSR count). The Morgan fingerprint density at radius 1 is 0.931 bits per heavy atom. The van der Waals surface area contributed by atoms with Crippen molar-refractivity contribution in [1.82, 2.24) is 19.7 Å². The average Bonchev–Trinajstić information content (AvgIpc) is 2.70. The standard InChI is InChI=1S/C24H36N4O/c1-24(2,19-27-15-13-26(3)14-16-27)20-28(18-22-9-11-25-12-10-22)17-21-5-7-23(29-4)8-6-21/h5-12H,13-20H2,1-4H3. The SMILES string of the molecule is COc1ccc(CN(Cc2ccncc2)CC(C)(C)CN2CCN(C)CC2)cc1. The number of aromatic nitrogens is 1. The van der Waals surface area contributed by atoms with Gasteiger partial charge in [-0.15, -0.1) is 0 Å². The molecule has 5 heteroatoms. The molecule has 1 aromatic carbocycles. The third-order valence-electron chi connectivity index (χ3n) is 5.62. The van der Waals surface area contributed by atoms with E-state index in [1.165, 1.54) is 37.3 Å². The van der Waals surface area contributed by atoms with E-state index in [1.54, 1.807) is 7.11 Å². The highest BCUT2D eigenvalue weighted by molar-refractivity contribution is 5.27. The van der Waals surface area contributed by atoms with Crippen LogP contribution in [0.5, 0.6) is 5.75 Å². The first kappa shape index (κ1) is 21.8. The predicted octanol–water partition coefficient (Wildman–Crippen LogP) is 3.37. The Balaban J connectivity index is 1.67. The van der Waals surface area contributed by atoms with Crippen molar-refractivity contribution in [2.75, 3.05) is 53.4 Å². The largest absolute Gasteiger partial charge is 0.497 e. The number of likely N-dealkylation sites (N-methyl/N-ethyl adjacent to an activating group) is 1. The van der Waals surface area contributed by atoms with Gasteiger partial charge in [-0.2, -0.15) is 0 Å². The molecular formula is C24H36N4O. The normalized spacial score (nSPS) is 16.3.